The molecule has 21 heavy (non-hydrogen) atoms. The third kappa shape index (κ3) is 3.86. The van der Waals surface area contributed by atoms with Crippen LogP contribution in [0, 0.1) is 5.82 Å². The molecular formula is C17H21ClFNO. The molecule has 0 aliphatic heterocycles. The Morgan fingerprint density at radius 3 is 2.81 bits per heavy atom. The fourth-order valence-electron chi connectivity index (χ4n) is 2.49. The Balaban J connectivity index is 2.26. The van der Waals surface area contributed by atoms with Crippen molar-refractivity contribution in [1.82, 2.24) is 5.32 Å². The molecule has 0 saturated carbocycles. The quantitative estimate of drug-likeness (QED) is 0.785. The number of aryl methyl sites for hydroxylation is 1. The number of halogens is 2. The molecule has 1 aromatic heterocycles. The second kappa shape index (κ2) is 7.62. The molecule has 0 aliphatic rings. The van der Waals surface area contributed by atoms with Crippen molar-refractivity contribution >= 4 is 11.6 Å². The highest BCUT2D eigenvalue weighted by Gasteiger charge is 2.19. The van der Waals surface area contributed by atoms with Crippen LogP contribution in [0.1, 0.15) is 43.2 Å². The zero-order valence-corrected chi connectivity index (χ0v) is 13.2. The van der Waals surface area contributed by atoms with Crippen LogP contribution in [0.15, 0.2) is 34.9 Å². The maximum absolute atomic E-state index is 14.1. The summed E-state index contributed by atoms with van der Waals surface area (Å²) in [6.07, 6.45) is 4.10. The van der Waals surface area contributed by atoms with E-state index in [1.165, 1.54) is 0 Å². The average molecular weight is 310 g/mol. The van der Waals surface area contributed by atoms with Gasteiger partial charge in [0, 0.05) is 18.0 Å². The maximum atomic E-state index is 14.1. The highest BCUT2D eigenvalue weighted by atomic mass is 35.5. The van der Waals surface area contributed by atoms with Gasteiger partial charge in [-0.1, -0.05) is 37.6 Å². The van der Waals surface area contributed by atoms with E-state index < -0.39 is 0 Å². The summed E-state index contributed by atoms with van der Waals surface area (Å²) in [5.41, 5.74) is 1.73. The van der Waals surface area contributed by atoms with Gasteiger partial charge in [-0.3, -0.25) is 0 Å². The Morgan fingerprint density at radius 1 is 1.29 bits per heavy atom. The largest absolute Gasteiger partial charge is 0.469 e. The van der Waals surface area contributed by atoms with Gasteiger partial charge >= 0.3 is 0 Å². The number of nitrogens with one attached hydrogen (secondary N) is 1. The van der Waals surface area contributed by atoms with Crippen molar-refractivity contribution in [3.63, 3.8) is 0 Å². The lowest BCUT2D eigenvalue weighted by Gasteiger charge is -2.19. The number of rotatable bonds is 7. The van der Waals surface area contributed by atoms with Gasteiger partial charge in [0.1, 0.15) is 11.6 Å². The van der Waals surface area contributed by atoms with Crippen molar-refractivity contribution in [1.29, 1.82) is 0 Å². The monoisotopic (exact) mass is 309 g/mol. The molecule has 0 radical (unpaired) electrons. The van der Waals surface area contributed by atoms with E-state index in [0.29, 0.717) is 12.0 Å². The minimum absolute atomic E-state index is 0.0339. The van der Waals surface area contributed by atoms with Crippen molar-refractivity contribution in [3.8, 4) is 0 Å². The predicted octanol–water partition coefficient (Wildman–Crippen LogP) is 4.92. The number of hydrogen-bond acceptors (Lipinski definition) is 2. The average Bonchev–Trinajstić information content (AvgIpc) is 2.96. The molecular weight excluding hydrogens is 289 g/mol. The molecule has 0 bridgehead atoms. The molecule has 0 fully saturated rings. The summed E-state index contributed by atoms with van der Waals surface area (Å²) < 4.78 is 19.6. The third-order valence-electron chi connectivity index (χ3n) is 3.57. The molecule has 2 nitrogen and oxygen atoms in total. The topological polar surface area (TPSA) is 25.2 Å². The van der Waals surface area contributed by atoms with Crippen LogP contribution < -0.4 is 5.32 Å². The van der Waals surface area contributed by atoms with Gasteiger partial charge in [0.15, 0.2) is 0 Å². The lowest BCUT2D eigenvalue weighted by atomic mass is 9.98. The molecule has 114 valence electrons. The van der Waals surface area contributed by atoms with Gasteiger partial charge in [0.25, 0.3) is 0 Å². The Hall–Kier alpha value is -1.32. The Bertz CT molecular complexity index is 582. The summed E-state index contributed by atoms with van der Waals surface area (Å²) in [4.78, 5) is 0. The van der Waals surface area contributed by atoms with Crippen LogP contribution in [0.3, 0.4) is 0 Å². The first-order valence-electron chi connectivity index (χ1n) is 7.39. The summed E-state index contributed by atoms with van der Waals surface area (Å²) in [6, 6.07) is 7.15. The molecule has 1 aromatic carbocycles. The highest BCUT2D eigenvalue weighted by molar-refractivity contribution is 6.30. The van der Waals surface area contributed by atoms with Crippen LogP contribution in [-0.2, 0) is 12.8 Å². The van der Waals surface area contributed by atoms with Gasteiger partial charge in [-0.2, -0.15) is 0 Å². The molecule has 4 heteroatoms. The standard InChI is InChI=1S/C17H21ClFNO/c1-3-9-20-15(13-8-10-21-16(13)4-2)11-12-6-5-7-14(18)17(12)19/h5-8,10,15,20H,3-4,9,11H2,1-2H3. The first kappa shape index (κ1) is 16.1. The van der Waals surface area contributed by atoms with E-state index in [4.69, 9.17) is 16.0 Å². The van der Waals surface area contributed by atoms with Crippen LogP contribution in [0.4, 0.5) is 4.39 Å². The lowest BCUT2D eigenvalue weighted by Crippen LogP contribution is -2.25. The third-order valence-corrected chi connectivity index (χ3v) is 3.86. The first-order chi connectivity index (χ1) is 10.2. The number of furan rings is 1. The molecule has 1 N–H and O–H groups in total. The fourth-order valence-corrected chi connectivity index (χ4v) is 2.68. The van der Waals surface area contributed by atoms with E-state index in [-0.39, 0.29) is 16.9 Å². The Morgan fingerprint density at radius 2 is 2.10 bits per heavy atom. The molecule has 2 rings (SSSR count). The summed E-state index contributed by atoms with van der Waals surface area (Å²) in [6.45, 7) is 5.04. The van der Waals surface area contributed by atoms with Crippen LogP contribution in [0.25, 0.3) is 0 Å². The normalized spacial score (nSPS) is 12.6. The highest BCUT2D eigenvalue weighted by Crippen LogP contribution is 2.27. The Labute approximate surface area is 130 Å². The summed E-state index contributed by atoms with van der Waals surface area (Å²) in [5, 5.41) is 3.64. The first-order valence-corrected chi connectivity index (χ1v) is 7.77. The Kier molecular flexibility index (Phi) is 5.83. The van der Waals surface area contributed by atoms with Gasteiger partial charge in [-0.25, -0.2) is 4.39 Å². The van der Waals surface area contributed by atoms with Gasteiger partial charge < -0.3 is 9.73 Å². The number of benzene rings is 1. The van der Waals surface area contributed by atoms with Crippen molar-refractivity contribution in [2.24, 2.45) is 0 Å². The van der Waals surface area contributed by atoms with E-state index in [1.807, 2.05) is 6.07 Å². The van der Waals surface area contributed by atoms with Gasteiger partial charge in [0.05, 0.1) is 11.3 Å². The van der Waals surface area contributed by atoms with Gasteiger partial charge in [-0.15, -0.1) is 0 Å². The molecule has 0 saturated heterocycles. The van der Waals surface area contributed by atoms with Crippen LogP contribution in [-0.4, -0.2) is 6.54 Å². The maximum Gasteiger partial charge on any atom is 0.145 e. The van der Waals surface area contributed by atoms with E-state index in [9.17, 15) is 4.39 Å². The SMILES string of the molecule is CCCNC(Cc1cccc(Cl)c1F)c1ccoc1CC. The van der Waals surface area contributed by atoms with Gasteiger partial charge in [0.2, 0.25) is 0 Å². The van der Waals surface area contributed by atoms with Crippen molar-refractivity contribution in [2.45, 2.75) is 39.2 Å². The molecule has 1 unspecified atom stereocenters. The second-order valence-electron chi connectivity index (χ2n) is 5.08. The second-order valence-corrected chi connectivity index (χ2v) is 5.48. The molecule has 1 heterocycles. The predicted molar refractivity (Wildman–Crippen MR) is 84.2 cm³/mol. The lowest BCUT2D eigenvalue weighted by molar-refractivity contribution is 0.476. The van der Waals surface area contributed by atoms with Crippen molar-refractivity contribution < 1.29 is 8.81 Å². The summed E-state index contributed by atoms with van der Waals surface area (Å²) in [7, 11) is 0. The minimum atomic E-state index is -0.330. The molecule has 1 atom stereocenters. The van der Waals surface area contributed by atoms with E-state index >= 15 is 0 Å². The number of hydrogen-bond donors (Lipinski definition) is 1. The van der Waals surface area contributed by atoms with Crippen molar-refractivity contribution in [3.05, 3.63) is 58.3 Å². The van der Waals surface area contributed by atoms with Crippen LogP contribution >= 0.6 is 11.6 Å². The zero-order valence-electron chi connectivity index (χ0n) is 12.5. The van der Waals surface area contributed by atoms with E-state index in [1.54, 1.807) is 24.5 Å². The molecule has 2 aromatic rings. The minimum Gasteiger partial charge on any atom is -0.469 e. The summed E-state index contributed by atoms with van der Waals surface area (Å²) >= 11 is 5.87. The fraction of sp³-hybridized carbons (Fsp3) is 0.412. The molecule has 0 aliphatic carbocycles. The van der Waals surface area contributed by atoms with Crippen LogP contribution in [0.5, 0.6) is 0 Å². The molecule has 0 spiro atoms. The smallest absolute Gasteiger partial charge is 0.145 e. The van der Waals surface area contributed by atoms with E-state index in [0.717, 1.165) is 30.7 Å². The van der Waals surface area contributed by atoms with Crippen molar-refractivity contribution in [2.75, 3.05) is 6.54 Å². The molecule has 0 amide bonds. The zero-order chi connectivity index (χ0) is 15.2. The van der Waals surface area contributed by atoms with Crippen LogP contribution in [0.2, 0.25) is 5.02 Å². The van der Waals surface area contributed by atoms with E-state index in [2.05, 4.69) is 19.2 Å². The van der Waals surface area contributed by atoms with Gasteiger partial charge in [-0.05, 0) is 37.1 Å². The summed E-state index contributed by atoms with van der Waals surface area (Å²) in [5.74, 6) is 0.620.